The Labute approximate surface area is 198 Å². The highest BCUT2D eigenvalue weighted by atomic mass is 15.2. The molecule has 6 aromatic rings. The van der Waals surface area contributed by atoms with E-state index in [1.54, 1.807) is 0 Å². The molecule has 2 aliphatic heterocycles. The van der Waals surface area contributed by atoms with Crippen molar-refractivity contribution in [3.8, 4) is 5.69 Å². The van der Waals surface area contributed by atoms with Gasteiger partial charge in [-0.1, -0.05) is 78.9 Å². The molecule has 0 spiro atoms. The summed E-state index contributed by atoms with van der Waals surface area (Å²) in [5.74, 6) is 0. The number of para-hydroxylation sites is 4. The molecular formula is C31H21BN2. The molecule has 8 rings (SSSR count). The molecule has 2 nitrogen and oxygen atoms in total. The van der Waals surface area contributed by atoms with E-state index >= 15 is 0 Å². The fraction of sp³-hybridized carbons (Fsp3) is 0.0323. The maximum Gasteiger partial charge on any atom is 0.252 e. The van der Waals surface area contributed by atoms with Crippen molar-refractivity contribution < 1.29 is 0 Å². The van der Waals surface area contributed by atoms with Gasteiger partial charge in [-0.05, 0) is 59.2 Å². The molecule has 34 heavy (non-hydrogen) atoms. The summed E-state index contributed by atoms with van der Waals surface area (Å²) in [5.41, 5.74) is 13.2. The lowest BCUT2D eigenvalue weighted by Gasteiger charge is -2.40. The predicted molar refractivity (Wildman–Crippen MR) is 145 cm³/mol. The Hall–Kier alpha value is -4.24. The zero-order valence-corrected chi connectivity index (χ0v) is 18.9. The normalized spacial score (nSPS) is 13.3. The Bertz CT molecular complexity index is 1780. The van der Waals surface area contributed by atoms with Crippen LogP contribution in [0.4, 0.5) is 17.1 Å². The quantitative estimate of drug-likeness (QED) is 0.302. The van der Waals surface area contributed by atoms with Gasteiger partial charge in [0.25, 0.3) is 6.71 Å². The van der Waals surface area contributed by atoms with Crippen molar-refractivity contribution in [2.45, 2.75) is 6.92 Å². The lowest BCUT2D eigenvalue weighted by molar-refractivity contribution is 1.15. The van der Waals surface area contributed by atoms with Gasteiger partial charge in [0.2, 0.25) is 0 Å². The van der Waals surface area contributed by atoms with Gasteiger partial charge < -0.3 is 9.47 Å². The van der Waals surface area contributed by atoms with Gasteiger partial charge in [-0.3, -0.25) is 0 Å². The topological polar surface area (TPSA) is 8.17 Å². The predicted octanol–water partition coefficient (Wildman–Crippen LogP) is 5.70. The Kier molecular flexibility index (Phi) is 3.44. The van der Waals surface area contributed by atoms with Crippen LogP contribution in [0.5, 0.6) is 0 Å². The zero-order chi connectivity index (χ0) is 22.4. The Morgan fingerprint density at radius 1 is 0.588 bits per heavy atom. The molecule has 0 N–H and O–H groups in total. The van der Waals surface area contributed by atoms with Crippen molar-refractivity contribution in [2.75, 3.05) is 4.90 Å². The Morgan fingerprint density at radius 3 is 2.24 bits per heavy atom. The number of fused-ring (bicyclic) bond motifs is 7. The maximum absolute atomic E-state index is 2.53. The van der Waals surface area contributed by atoms with Gasteiger partial charge in [-0.2, -0.15) is 0 Å². The first-order valence-electron chi connectivity index (χ1n) is 11.9. The van der Waals surface area contributed by atoms with E-state index in [9.17, 15) is 0 Å². The van der Waals surface area contributed by atoms with Crippen molar-refractivity contribution in [1.29, 1.82) is 0 Å². The van der Waals surface area contributed by atoms with Crippen molar-refractivity contribution >= 4 is 62.0 Å². The van der Waals surface area contributed by atoms with E-state index in [4.69, 9.17) is 0 Å². The number of anilines is 3. The summed E-state index contributed by atoms with van der Waals surface area (Å²) in [6.07, 6.45) is 0. The number of rotatable bonds is 1. The zero-order valence-electron chi connectivity index (χ0n) is 18.9. The highest BCUT2D eigenvalue weighted by Crippen LogP contribution is 2.41. The average Bonchev–Trinajstić information content (AvgIpc) is 3.23. The molecule has 0 unspecified atom stereocenters. The van der Waals surface area contributed by atoms with Crippen LogP contribution in [0.15, 0.2) is 109 Å². The lowest BCUT2D eigenvalue weighted by atomic mass is 9.33. The molecule has 0 saturated carbocycles. The van der Waals surface area contributed by atoms with E-state index < -0.39 is 0 Å². The third kappa shape index (κ3) is 2.12. The molecule has 0 amide bonds. The molecule has 1 aromatic heterocycles. The number of aromatic nitrogens is 1. The van der Waals surface area contributed by atoms with Crippen LogP contribution in [0.25, 0.3) is 27.5 Å². The van der Waals surface area contributed by atoms with Crippen LogP contribution in [0.1, 0.15) is 5.56 Å². The third-order valence-electron chi connectivity index (χ3n) is 7.69. The summed E-state index contributed by atoms with van der Waals surface area (Å²) in [6, 6.07) is 40.0. The Balaban J connectivity index is 1.60. The van der Waals surface area contributed by atoms with E-state index in [1.807, 2.05) is 0 Å². The Morgan fingerprint density at radius 2 is 1.32 bits per heavy atom. The van der Waals surface area contributed by atoms with Gasteiger partial charge in [-0.25, -0.2) is 0 Å². The average molecular weight is 432 g/mol. The van der Waals surface area contributed by atoms with E-state index in [0.717, 1.165) is 0 Å². The highest BCUT2D eigenvalue weighted by molar-refractivity contribution is 7.00. The van der Waals surface area contributed by atoms with Crippen molar-refractivity contribution in [3.05, 3.63) is 115 Å². The molecule has 0 aliphatic carbocycles. The van der Waals surface area contributed by atoms with Crippen molar-refractivity contribution in [3.63, 3.8) is 0 Å². The van der Waals surface area contributed by atoms with Crippen LogP contribution in [0, 0.1) is 6.92 Å². The summed E-state index contributed by atoms with van der Waals surface area (Å²) in [7, 11) is 0. The van der Waals surface area contributed by atoms with Gasteiger partial charge in [0.15, 0.2) is 0 Å². The molecule has 0 radical (unpaired) electrons. The second kappa shape index (κ2) is 6.42. The van der Waals surface area contributed by atoms with Gasteiger partial charge >= 0.3 is 0 Å². The summed E-state index contributed by atoms with van der Waals surface area (Å²) >= 11 is 0. The second-order valence-electron chi connectivity index (χ2n) is 9.42. The number of aryl methyl sites for hydroxylation is 1. The van der Waals surface area contributed by atoms with Crippen molar-refractivity contribution in [2.24, 2.45) is 0 Å². The molecule has 0 saturated heterocycles. The minimum atomic E-state index is 0.210. The standard InChI is InChI=1S/C31H21BN2/c1-20-18-19-28-29-30(20)34-26-16-7-5-12-22(26)23-13-9-15-25(31(23)34)32(29)24-14-6-8-17-27(24)33(28)21-10-3-2-4-11-21/h2-19H,1H3. The molecule has 5 aromatic carbocycles. The molecule has 158 valence electrons. The first-order chi connectivity index (χ1) is 16.8. The van der Waals surface area contributed by atoms with Crippen molar-refractivity contribution in [1.82, 2.24) is 4.57 Å². The summed E-state index contributed by atoms with van der Waals surface area (Å²) in [5, 5.41) is 2.66. The van der Waals surface area contributed by atoms with E-state index in [0.29, 0.717) is 0 Å². The summed E-state index contributed by atoms with van der Waals surface area (Å²) in [4.78, 5) is 2.45. The highest BCUT2D eigenvalue weighted by Gasteiger charge is 2.42. The number of nitrogens with zero attached hydrogens (tertiary/aromatic N) is 2. The fourth-order valence-electron chi connectivity index (χ4n) is 6.39. The van der Waals surface area contributed by atoms with Crippen LogP contribution in [0.2, 0.25) is 0 Å². The minimum absolute atomic E-state index is 0.210. The van der Waals surface area contributed by atoms with Gasteiger partial charge in [-0.15, -0.1) is 0 Å². The van der Waals surface area contributed by atoms with Crippen LogP contribution >= 0.6 is 0 Å². The van der Waals surface area contributed by atoms with E-state index in [-0.39, 0.29) is 6.71 Å². The van der Waals surface area contributed by atoms with Gasteiger partial charge in [0.1, 0.15) is 0 Å². The van der Waals surface area contributed by atoms with E-state index in [2.05, 4.69) is 126 Å². The molecular weight excluding hydrogens is 411 g/mol. The SMILES string of the molecule is Cc1ccc2c3c1-n1c4ccccc4c4cccc(c41)B3c1ccccc1N2c1ccccc1. The van der Waals surface area contributed by atoms with Gasteiger partial charge in [0, 0.05) is 39.0 Å². The summed E-state index contributed by atoms with van der Waals surface area (Å²) in [6.45, 7) is 2.47. The number of hydrogen-bond acceptors (Lipinski definition) is 1. The first kappa shape index (κ1) is 18.2. The van der Waals surface area contributed by atoms with Gasteiger partial charge in [0.05, 0.1) is 5.52 Å². The smallest absolute Gasteiger partial charge is 0.252 e. The molecule has 0 atom stereocenters. The molecule has 0 fully saturated rings. The molecule has 3 heterocycles. The van der Waals surface area contributed by atoms with Crippen LogP contribution < -0.4 is 21.3 Å². The largest absolute Gasteiger partial charge is 0.311 e. The van der Waals surface area contributed by atoms with Crippen LogP contribution in [-0.4, -0.2) is 11.3 Å². The molecule has 3 heteroatoms. The number of benzene rings is 5. The maximum atomic E-state index is 2.53. The minimum Gasteiger partial charge on any atom is -0.311 e. The summed E-state index contributed by atoms with van der Waals surface area (Å²) < 4.78 is 2.53. The number of hydrogen-bond donors (Lipinski definition) is 0. The monoisotopic (exact) mass is 432 g/mol. The molecule has 2 aliphatic rings. The van der Waals surface area contributed by atoms with Crippen LogP contribution in [-0.2, 0) is 0 Å². The molecule has 0 bridgehead atoms. The van der Waals surface area contributed by atoms with E-state index in [1.165, 1.54) is 66.5 Å². The first-order valence-corrected chi connectivity index (χ1v) is 11.9. The lowest BCUT2D eigenvalue weighted by Crippen LogP contribution is -2.60. The van der Waals surface area contributed by atoms with Crippen LogP contribution in [0.3, 0.4) is 0 Å². The third-order valence-corrected chi connectivity index (χ3v) is 7.69. The fourth-order valence-corrected chi connectivity index (χ4v) is 6.39. The second-order valence-corrected chi connectivity index (χ2v) is 9.42.